The minimum absolute atomic E-state index is 0.576. The molecule has 76 heavy (non-hydrogen) atoms. The predicted molar refractivity (Wildman–Crippen MR) is 313 cm³/mol. The SMILES string of the molecule is c1ccc(-c2nc(-c3ccccc3)nc(-c3cc(-n4c5ccccc5c5ccccc54)c(-n4c5ccccc5c5cc(-c6cccc7c6-c6ccccc6C7)ccc54)c(-n4c5ccccc5c5ccccc54)c3)n2)cc1. The Morgan fingerprint density at radius 3 is 1.18 bits per heavy atom. The second-order valence-electron chi connectivity index (χ2n) is 19.9. The molecule has 0 saturated carbocycles. The molecule has 0 atom stereocenters. The molecule has 0 radical (unpaired) electrons. The molecular formula is C70H44N6. The van der Waals surface area contributed by atoms with Gasteiger partial charge in [-0.15, -0.1) is 0 Å². The maximum atomic E-state index is 5.42. The van der Waals surface area contributed by atoms with Gasteiger partial charge in [0.2, 0.25) is 0 Å². The Labute approximate surface area is 437 Å². The van der Waals surface area contributed by atoms with E-state index in [0.29, 0.717) is 17.5 Å². The van der Waals surface area contributed by atoms with E-state index < -0.39 is 0 Å². The van der Waals surface area contributed by atoms with Crippen LogP contribution in [0.5, 0.6) is 0 Å². The largest absolute Gasteiger partial charge is 0.307 e. The van der Waals surface area contributed by atoms with Crippen molar-refractivity contribution >= 4 is 65.4 Å². The first-order valence-corrected chi connectivity index (χ1v) is 26.0. The lowest BCUT2D eigenvalue weighted by atomic mass is 9.93. The van der Waals surface area contributed by atoms with Crippen LogP contribution in [-0.2, 0) is 6.42 Å². The molecule has 4 aromatic heterocycles. The van der Waals surface area contributed by atoms with Crippen molar-refractivity contribution < 1.29 is 0 Å². The molecule has 0 N–H and O–H groups in total. The summed E-state index contributed by atoms with van der Waals surface area (Å²) in [5.74, 6) is 1.79. The monoisotopic (exact) mass is 968 g/mol. The molecule has 0 aliphatic heterocycles. The fraction of sp³-hybridized carbons (Fsp3) is 0.0143. The molecule has 16 rings (SSSR count). The molecule has 0 unspecified atom stereocenters. The van der Waals surface area contributed by atoms with Crippen LogP contribution < -0.4 is 0 Å². The van der Waals surface area contributed by atoms with Crippen LogP contribution in [0.2, 0.25) is 0 Å². The Morgan fingerprint density at radius 2 is 0.658 bits per heavy atom. The summed E-state index contributed by atoms with van der Waals surface area (Å²) in [6, 6.07) is 92.1. The third-order valence-corrected chi connectivity index (χ3v) is 15.7. The number of hydrogen-bond donors (Lipinski definition) is 0. The molecule has 0 fully saturated rings. The minimum atomic E-state index is 0.576. The van der Waals surface area contributed by atoms with Crippen molar-refractivity contribution in [2.45, 2.75) is 6.42 Å². The highest BCUT2D eigenvalue weighted by Gasteiger charge is 2.28. The second-order valence-corrected chi connectivity index (χ2v) is 19.9. The second kappa shape index (κ2) is 16.7. The van der Waals surface area contributed by atoms with Gasteiger partial charge in [0.05, 0.1) is 50.2 Å². The molecule has 0 amide bonds. The number of nitrogens with zero attached hydrogens (tertiary/aromatic N) is 6. The standard InChI is InChI=1S/C70H44N6/c1-3-20-44(21-4-1)68-71-69(45-22-5-2-6-23-45)73-70(72-68)49-42-64(74-58-33-14-9-27-52(58)53-28-10-15-34-59(53)74)67(65(43-49)75-60-35-16-11-29-54(60)55-30-12-17-36-61(55)75)76-62-37-18-13-31-56(62)57-41-47(38-39-63(57)76)51-32-19-25-48-40-46-24-7-8-26-50(46)66(48)51/h1-39,41-43H,40H2. The molecule has 4 heterocycles. The van der Waals surface area contributed by atoms with Crippen molar-refractivity contribution in [3.8, 4) is 73.5 Å². The van der Waals surface area contributed by atoms with Crippen molar-refractivity contribution in [3.05, 3.63) is 266 Å². The van der Waals surface area contributed by atoms with Gasteiger partial charge in [-0.25, -0.2) is 15.0 Å². The third-order valence-electron chi connectivity index (χ3n) is 15.7. The number of aromatic nitrogens is 6. The quantitative estimate of drug-likeness (QED) is 0.160. The van der Waals surface area contributed by atoms with Gasteiger partial charge in [0.15, 0.2) is 17.5 Å². The van der Waals surface area contributed by atoms with E-state index in [0.717, 1.165) is 73.3 Å². The van der Waals surface area contributed by atoms with Crippen LogP contribution >= 0.6 is 0 Å². The third kappa shape index (κ3) is 6.37. The molecule has 15 aromatic rings. The molecule has 0 bridgehead atoms. The van der Waals surface area contributed by atoms with Crippen LogP contribution in [-0.4, -0.2) is 28.7 Å². The highest BCUT2D eigenvalue weighted by atomic mass is 15.1. The Kier molecular flexibility index (Phi) is 9.30. The topological polar surface area (TPSA) is 53.5 Å². The van der Waals surface area contributed by atoms with Crippen molar-refractivity contribution in [1.82, 2.24) is 28.7 Å². The maximum Gasteiger partial charge on any atom is 0.164 e. The smallest absolute Gasteiger partial charge is 0.164 e. The summed E-state index contributed by atoms with van der Waals surface area (Å²) >= 11 is 0. The predicted octanol–water partition coefficient (Wildman–Crippen LogP) is 17.4. The zero-order valence-corrected chi connectivity index (χ0v) is 41.1. The first-order chi connectivity index (χ1) is 37.7. The zero-order valence-electron chi connectivity index (χ0n) is 41.1. The van der Waals surface area contributed by atoms with E-state index in [1.807, 2.05) is 36.4 Å². The fourth-order valence-electron chi connectivity index (χ4n) is 12.4. The number of para-hydroxylation sites is 5. The Bertz CT molecular complexity index is 4550. The van der Waals surface area contributed by atoms with Crippen LogP contribution in [0.3, 0.4) is 0 Å². The minimum Gasteiger partial charge on any atom is -0.307 e. The first-order valence-electron chi connectivity index (χ1n) is 26.0. The zero-order chi connectivity index (χ0) is 49.8. The van der Waals surface area contributed by atoms with Gasteiger partial charge < -0.3 is 13.7 Å². The number of hydrogen-bond acceptors (Lipinski definition) is 3. The van der Waals surface area contributed by atoms with Gasteiger partial charge in [0, 0.05) is 49.0 Å². The molecule has 354 valence electrons. The van der Waals surface area contributed by atoms with Crippen LogP contribution in [0.1, 0.15) is 11.1 Å². The van der Waals surface area contributed by atoms with E-state index in [4.69, 9.17) is 15.0 Å². The summed E-state index contributed by atoms with van der Waals surface area (Å²) in [6.07, 6.45) is 0.944. The van der Waals surface area contributed by atoms with Crippen LogP contribution in [0.15, 0.2) is 255 Å². The van der Waals surface area contributed by atoms with Crippen molar-refractivity contribution in [2.24, 2.45) is 0 Å². The fourth-order valence-corrected chi connectivity index (χ4v) is 12.4. The average molecular weight is 969 g/mol. The van der Waals surface area contributed by atoms with E-state index in [1.165, 1.54) is 65.7 Å². The van der Waals surface area contributed by atoms with E-state index >= 15 is 0 Å². The van der Waals surface area contributed by atoms with E-state index in [9.17, 15) is 0 Å². The molecule has 0 saturated heterocycles. The summed E-state index contributed by atoms with van der Waals surface area (Å²) in [7, 11) is 0. The number of fused-ring (bicyclic) bond motifs is 12. The van der Waals surface area contributed by atoms with Crippen molar-refractivity contribution in [2.75, 3.05) is 0 Å². The highest BCUT2D eigenvalue weighted by molar-refractivity contribution is 6.14. The Hall–Kier alpha value is -10.2. The van der Waals surface area contributed by atoms with Gasteiger partial charge in [-0.2, -0.15) is 0 Å². The number of benzene rings is 11. The van der Waals surface area contributed by atoms with Gasteiger partial charge in [-0.05, 0) is 94.4 Å². The van der Waals surface area contributed by atoms with Crippen LogP contribution in [0.25, 0.3) is 139 Å². The molecule has 6 nitrogen and oxygen atoms in total. The summed E-state index contributed by atoms with van der Waals surface area (Å²) in [5, 5.41) is 7.06. The summed E-state index contributed by atoms with van der Waals surface area (Å²) in [6.45, 7) is 0. The summed E-state index contributed by atoms with van der Waals surface area (Å²) < 4.78 is 7.47. The molecule has 6 heteroatoms. The lowest BCUT2D eigenvalue weighted by molar-refractivity contribution is 1.04. The van der Waals surface area contributed by atoms with Crippen molar-refractivity contribution in [3.63, 3.8) is 0 Å². The van der Waals surface area contributed by atoms with Gasteiger partial charge in [-0.1, -0.05) is 200 Å². The molecule has 1 aliphatic rings. The molecule has 11 aromatic carbocycles. The Balaban J connectivity index is 1.07. The number of rotatable bonds is 7. The normalized spacial score (nSPS) is 12.2. The van der Waals surface area contributed by atoms with Gasteiger partial charge >= 0.3 is 0 Å². The van der Waals surface area contributed by atoms with E-state index in [2.05, 4.69) is 232 Å². The van der Waals surface area contributed by atoms with Gasteiger partial charge in [0.25, 0.3) is 0 Å². The van der Waals surface area contributed by atoms with Crippen LogP contribution in [0.4, 0.5) is 0 Å². The van der Waals surface area contributed by atoms with Crippen molar-refractivity contribution in [1.29, 1.82) is 0 Å². The Morgan fingerprint density at radius 1 is 0.263 bits per heavy atom. The lowest BCUT2D eigenvalue weighted by Crippen LogP contribution is -2.10. The van der Waals surface area contributed by atoms with Crippen LogP contribution in [0, 0.1) is 0 Å². The summed E-state index contributed by atoms with van der Waals surface area (Å²) in [4.78, 5) is 16.0. The first kappa shape index (κ1) is 42.3. The molecule has 1 aliphatic carbocycles. The highest BCUT2D eigenvalue weighted by Crippen LogP contribution is 2.47. The van der Waals surface area contributed by atoms with E-state index in [1.54, 1.807) is 0 Å². The van der Waals surface area contributed by atoms with Gasteiger partial charge in [-0.3, -0.25) is 0 Å². The lowest BCUT2D eigenvalue weighted by Gasteiger charge is -2.23. The average Bonchev–Trinajstić information content (AvgIpc) is 4.27. The maximum absolute atomic E-state index is 5.42. The summed E-state index contributed by atoms with van der Waals surface area (Å²) in [5.41, 5.74) is 20.2. The molecular weight excluding hydrogens is 925 g/mol. The van der Waals surface area contributed by atoms with Gasteiger partial charge in [0.1, 0.15) is 0 Å². The van der Waals surface area contributed by atoms with E-state index in [-0.39, 0.29) is 0 Å². The molecule has 0 spiro atoms.